The molecule has 33 heavy (non-hydrogen) atoms. The van der Waals surface area contributed by atoms with Crippen LogP contribution in [0.15, 0.2) is 77.7 Å². The van der Waals surface area contributed by atoms with E-state index in [1.807, 2.05) is 73.8 Å². The smallest absolute Gasteiger partial charge is 0.411 e. The lowest BCUT2D eigenvalue weighted by molar-refractivity contribution is -0.0661. The molecule has 6 heteroatoms. The Morgan fingerprint density at radius 3 is 2.33 bits per heavy atom. The van der Waals surface area contributed by atoms with Crippen LogP contribution >= 0.6 is 0 Å². The first-order chi connectivity index (χ1) is 15.9. The van der Waals surface area contributed by atoms with Crippen LogP contribution in [-0.4, -0.2) is 28.6 Å². The van der Waals surface area contributed by atoms with Crippen LogP contribution in [0.25, 0.3) is 11.1 Å². The molecule has 0 bridgehead atoms. The fraction of sp³-hybridized carbons (Fsp3) is 0.333. The Morgan fingerprint density at radius 2 is 1.70 bits per heavy atom. The number of hydrogen-bond acceptors (Lipinski definition) is 4. The normalized spacial score (nSPS) is 19.2. The largest absolute Gasteiger partial charge is 0.438 e. The quantitative estimate of drug-likeness (QED) is 0.577. The highest BCUT2D eigenvalue weighted by atomic mass is 16.6. The van der Waals surface area contributed by atoms with E-state index in [1.165, 1.54) is 0 Å². The number of rotatable bonds is 7. The maximum absolute atomic E-state index is 13.2. The second-order valence-corrected chi connectivity index (χ2v) is 8.73. The zero-order valence-corrected chi connectivity index (χ0v) is 19.2. The zero-order valence-electron chi connectivity index (χ0n) is 19.2. The van der Waals surface area contributed by atoms with Gasteiger partial charge in [0.2, 0.25) is 5.56 Å². The van der Waals surface area contributed by atoms with Crippen LogP contribution in [-0.2, 0) is 17.4 Å². The van der Waals surface area contributed by atoms with Gasteiger partial charge in [0.15, 0.2) is 0 Å². The number of benzene rings is 2. The number of cyclic esters (lactones) is 1. The van der Waals surface area contributed by atoms with Gasteiger partial charge in [-0.15, -0.1) is 0 Å². The number of nitrogens with zero attached hydrogens (tertiary/aromatic N) is 2. The second-order valence-electron chi connectivity index (χ2n) is 8.73. The van der Waals surface area contributed by atoms with E-state index in [9.17, 15) is 9.59 Å². The number of pyridine rings is 1. The van der Waals surface area contributed by atoms with Crippen LogP contribution in [0.2, 0.25) is 0 Å². The summed E-state index contributed by atoms with van der Waals surface area (Å²) in [5.74, 6) is 0. The topological polar surface area (TPSA) is 77.6 Å². The molecule has 0 spiro atoms. The number of aryl methyl sites for hydroxylation is 1. The van der Waals surface area contributed by atoms with E-state index in [2.05, 4.69) is 0 Å². The van der Waals surface area contributed by atoms with E-state index in [-0.39, 0.29) is 17.7 Å². The summed E-state index contributed by atoms with van der Waals surface area (Å²) in [6.07, 6.45) is 3.77. The van der Waals surface area contributed by atoms with Crippen LogP contribution in [0.5, 0.6) is 0 Å². The van der Waals surface area contributed by atoms with E-state index in [0.717, 1.165) is 41.5 Å². The van der Waals surface area contributed by atoms with Gasteiger partial charge in [0.05, 0.1) is 6.04 Å². The molecule has 0 radical (unpaired) electrons. The van der Waals surface area contributed by atoms with Crippen molar-refractivity contribution in [3.8, 4) is 11.1 Å². The van der Waals surface area contributed by atoms with Crippen molar-refractivity contribution in [2.24, 2.45) is 12.8 Å². The van der Waals surface area contributed by atoms with Crippen molar-refractivity contribution < 1.29 is 9.53 Å². The monoisotopic (exact) mass is 445 g/mol. The Labute approximate surface area is 194 Å². The minimum Gasteiger partial charge on any atom is -0.438 e. The molecule has 2 aromatic carbocycles. The van der Waals surface area contributed by atoms with Gasteiger partial charge in [0.1, 0.15) is 5.60 Å². The molecule has 6 nitrogen and oxygen atoms in total. The van der Waals surface area contributed by atoms with E-state index in [4.69, 9.17) is 10.5 Å². The number of nitrogens with two attached hydrogens (primary N) is 1. The predicted octanol–water partition coefficient (Wildman–Crippen LogP) is 4.59. The van der Waals surface area contributed by atoms with Gasteiger partial charge in [-0.2, -0.15) is 0 Å². The molecule has 2 N–H and O–H groups in total. The Balaban J connectivity index is 1.51. The van der Waals surface area contributed by atoms with Crippen molar-refractivity contribution in [3.63, 3.8) is 0 Å². The van der Waals surface area contributed by atoms with E-state index >= 15 is 0 Å². The minimum atomic E-state index is -0.624. The van der Waals surface area contributed by atoms with Gasteiger partial charge in [-0.1, -0.05) is 54.6 Å². The first-order valence-electron chi connectivity index (χ1n) is 11.5. The fourth-order valence-corrected chi connectivity index (χ4v) is 4.57. The summed E-state index contributed by atoms with van der Waals surface area (Å²) >= 11 is 0. The van der Waals surface area contributed by atoms with Gasteiger partial charge in [0, 0.05) is 32.3 Å². The molecule has 2 heterocycles. The van der Waals surface area contributed by atoms with Crippen LogP contribution in [0.1, 0.15) is 43.4 Å². The third kappa shape index (κ3) is 4.71. The molecule has 1 aliphatic heterocycles. The number of amides is 1. The molecule has 0 aliphatic carbocycles. The van der Waals surface area contributed by atoms with Crippen molar-refractivity contribution in [1.82, 2.24) is 9.47 Å². The van der Waals surface area contributed by atoms with E-state index in [0.29, 0.717) is 13.1 Å². The molecular formula is C27H31N3O3. The van der Waals surface area contributed by atoms with Gasteiger partial charge in [-0.25, -0.2) is 4.79 Å². The van der Waals surface area contributed by atoms with E-state index in [1.54, 1.807) is 22.6 Å². The highest BCUT2D eigenvalue weighted by molar-refractivity contribution is 5.70. The zero-order chi connectivity index (χ0) is 23.4. The molecule has 1 fully saturated rings. The third-order valence-corrected chi connectivity index (χ3v) is 6.64. The van der Waals surface area contributed by atoms with Crippen molar-refractivity contribution in [2.45, 2.75) is 37.8 Å². The molecule has 1 aliphatic rings. The van der Waals surface area contributed by atoms with Gasteiger partial charge >= 0.3 is 6.09 Å². The van der Waals surface area contributed by atoms with Gasteiger partial charge < -0.3 is 19.9 Å². The average Bonchev–Trinajstić information content (AvgIpc) is 2.85. The molecule has 1 aromatic heterocycles. The molecule has 1 amide bonds. The predicted molar refractivity (Wildman–Crippen MR) is 130 cm³/mol. The summed E-state index contributed by atoms with van der Waals surface area (Å²) in [5, 5.41) is 0. The molecule has 1 saturated heterocycles. The molecule has 172 valence electrons. The summed E-state index contributed by atoms with van der Waals surface area (Å²) in [6.45, 7) is 3.20. The number of ether oxygens (including phenoxy) is 1. The first-order valence-corrected chi connectivity index (χ1v) is 11.5. The summed E-state index contributed by atoms with van der Waals surface area (Å²) < 4.78 is 7.70. The average molecular weight is 446 g/mol. The summed E-state index contributed by atoms with van der Waals surface area (Å²) in [4.78, 5) is 26.6. The Bertz CT molecular complexity index is 1160. The number of aromatic nitrogens is 1. The first kappa shape index (κ1) is 22.8. The lowest BCUT2D eigenvalue weighted by Crippen LogP contribution is -2.48. The molecule has 0 saturated carbocycles. The summed E-state index contributed by atoms with van der Waals surface area (Å²) in [5.41, 5.74) is 9.17. The van der Waals surface area contributed by atoms with Crippen LogP contribution in [0.3, 0.4) is 0 Å². The number of carbonyl (C=O) groups is 1. The summed E-state index contributed by atoms with van der Waals surface area (Å²) in [7, 11) is 1.74. The highest BCUT2D eigenvalue weighted by Crippen LogP contribution is 2.40. The molecule has 3 aromatic rings. The van der Waals surface area contributed by atoms with Gasteiger partial charge in [-0.05, 0) is 54.6 Å². The maximum atomic E-state index is 13.2. The van der Waals surface area contributed by atoms with Crippen molar-refractivity contribution in [2.75, 3.05) is 13.1 Å². The summed E-state index contributed by atoms with van der Waals surface area (Å²) in [6, 6.07) is 21.4. The molecule has 2 atom stereocenters. The van der Waals surface area contributed by atoms with Gasteiger partial charge in [-0.3, -0.25) is 4.79 Å². The minimum absolute atomic E-state index is 0.0364. The Morgan fingerprint density at radius 1 is 1.00 bits per heavy atom. The number of hydrogen-bond donors (Lipinski definition) is 1. The lowest BCUT2D eigenvalue weighted by atomic mass is 9.84. The van der Waals surface area contributed by atoms with E-state index < -0.39 is 5.60 Å². The van der Waals surface area contributed by atoms with Crippen molar-refractivity contribution >= 4 is 6.09 Å². The maximum Gasteiger partial charge on any atom is 0.411 e. The second kappa shape index (κ2) is 9.63. The van der Waals surface area contributed by atoms with Crippen molar-refractivity contribution in [3.05, 3.63) is 94.4 Å². The molecular weight excluding hydrogens is 414 g/mol. The number of carbonyl (C=O) groups excluding carboxylic acids is 1. The van der Waals surface area contributed by atoms with Crippen LogP contribution < -0.4 is 11.3 Å². The molecule has 4 rings (SSSR count). The Kier molecular flexibility index (Phi) is 6.65. The molecule has 0 unspecified atom stereocenters. The highest BCUT2D eigenvalue weighted by Gasteiger charge is 2.43. The Hall–Kier alpha value is -3.38. The van der Waals surface area contributed by atoms with Gasteiger partial charge in [0.25, 0.3) is 0 Å². The fourth-order valence-electron chi connectivity index (χ4n) is 4.57. The van der Waals surface area contributed by atoms with Crippen LogP contribution in [0, 0.1) is 0 Å². The third-order valence-electron chi connectivity index (χ3n) is 6.64. The van der Waals surface area contributed by atoms with Crippen LogP contribution in [0.4, 0.5) is 4.79 Å². The SMILES string of the molecule is C[C@@H](c1ccc(-c2ccc(=O)n(C)c2)cc1)N1CC[C@](CCCN)(c2ccccc2)OC1=O. The van der Waals surface area contributed by atoms with Crippen molar-refractivity contribution in [1.29, 1.82) is 0 Å². The standard InChI is InChI=1S/C27H31N3O3/c1-20(21-9-11-22(12-10-21)23-13-14-25(31)29(2)19-23)30-18-16-27(15-6-17-28,33-26(30)32)24-7-4-3-5-8-24/h3-5,7-14,19-20H,6,15-18,28H2,1-2H3/t20-,27+/m0/s1. The lowest BCUT2D eigenvalue weighted by Gasteiger charge is -2.43.